The van der Waals surface area contributed by atoms with E-state index in [1.165, 1.54) is 0 Å². The molecule has 16 heteroatoms. The van der Waals surface area contributed by atoms with Crippen LogP contribution in [-0.4, -0.2) is 11.6 Å². The van der Waals surface area contributed by atoms with E-state index < -0.39 is 93.7 Å². The van der Waals surface area contributed by atoms with E-state index in [0.717, 1.165) is 0 Å². The minimum absolute atomic E-state index is 0.171. The smallest absolute Gasteiger partial charge is 0.308 e. The number of ketones is 2. The molecule has 2 aromatic carbocycles. The number of hydrogen-bond acceptors (Lipinski definition) is 3. The Morgan fingerprint density at radius 2 is 0.816 bits per heavy atom. The maximum Gasteiger partial charge on any atom is 0.416 e. The normalized spacial score (nSPS) is 15.6. The predicted molar refractivity (Wildman–Crippen MR) is 107 cm³/mol. The lowest BCUT2D eigenvalue weighted by atomic mass is 10.1. The average molecular weight is 580 g/mol. The minimum atomic E-state index is -5.74. The van der Waals surface area contributed by atoms with E-state index in [4.69, 9.17) is 0 Å². The first-order valence-electron chi connectivity index (χ1n) is 9.73. The van der Waals surface area contributed by atoms with Gasteiger partial charge in [-0.1, -0.05) is 0 Å². The largest absolute Gasteiger partial charge is 0.416 e. The number of rotatable bonds is 3. The van der Waals surface area contributed by atoms with Crippen LogP contribution in [0.5, 0.6) is 0 Å². The number of hydrogen-bond donors (Lipinski definition) is 0. The average Bonchev–Trinajstić information content (AvgIpc) is 2.77. The molecule has 0 spiro atoms. The summed E-state index contributed by atoms with van der Waals surface area (Å²) in [7, 11) is -5.74. The second kappa shape index (κ2) is 9.14. The van der Waals surface area contributed by atoms with Gasteiger partial charge in [-0.15, -0.1) is 0 Å². The van der Waals surface area contributed by atoms with Crippen LogP contribution >= 0.6 is 7.14 Å². The highest BCUT2D eigenvalue weighted by Gasteiger charge is 2.45. The Morgan fingerprint density at radius 1 is 0.500 bits per heavy atom. The fourth-order valence-electron chi connectivity index (χ4n) is 3.41. The Kier molecular flexibility index (Phi) is 7.03. The second-order valence-corrected chi connectivity index (χ2v) is 10.5. The summed E-state index contributed by atoms with van der Waals surface area (Å²) in [5.74, 6) is -2.70. The molecule has 0 saturated heterocycles. The fourth-order valence-corrected chi connectivity index (χ4v) is 6.24. The van der Waals surface area contributed by atoms with Crippen molar-refractivity contribution in [3.8, 4) is 0 Å². The van der Waals surface area contributed by atoms with Crippen LogP contribution in [0.1, 0.15) is 22.3 Å². The van der Waals surface area contributed by atoms with E-state index in [2.05, 4.69) is 0 Å². The molecule has 2 aromatic rings. The first kappa shape index (κ1) is 29.2. The quantitative estimate of drug-likeness (QED) is 0.232. The van der Waals surface area contributed by atoms with Gasteiger partial charge in [-0.3, -0.25) is 9.59 Å². The Labute approximate surface area is 203 Å². The van der Waals surface area contributed by atoms with Crippen molar-refractivity contribution in [1.82, 2.24) is 0 Å². The van der Waals surface area contributed by atoms with Gasteiger partial charge in [-0.05, 0) is 48.6 Å². The first-order valence-corrected chi connectivity index (χ1v) is 11.4. The highest BCUT2D eigenvalue weighted by Crippen LogP contribution is 2.55. The molecular formula is C22H9F12O3P. The van der Waals surface area contributed by atoms with E-state index in [-0.39, 0.29) is 30.3 Å². The molecule has 0 heterocycles. The van der Waals surface area contributed by atoms with Crippen LogP contribution in [0.4, 0.5) is 52.7 Å². The van der Waals surface area contributed by atoms with Crippen molar-refractivity contribution < 1.29 is 66.8 Å². The minimum Gasteiger partial charge on any atom is -0.308 e. The Morgan fingerprint density at radius 3 is 1.11 bits per heavy atom. The summed E-state index contributed by atoms with van der Waals surface area (Å²) in [4.78, 5) is 24.4. The lowest BCUT2D eigenvalue weighted by Gasteiger charge is -2.25. The van der Waals surface area contributed by atoms with Gasteiger partial charge in [0.05, 0.1) is 27.6 Å². The standard InChI is InChI=1S/C22H9F12O3P/c23-19(24,25)10-3-11(20(26,27)28)6-15(5-10)38(37,18-9-14(35)1-2-17(18)36)16-7-12(21(29,30)31)4-13(8-16)22(32,33)34/h1-9H. The molecule has 1 aliphatic rings. The van der Waals surface area contributed by atoms with Crippen LogP contribution in [0.2, 0.25) is 0 Å². The van der Waals surface area contributed by atoms with Crippen LogP contribution in [0, 0.1) is 0 Å². The van der Waals surface area contributed by atoms with Crippen LogP contribution in [0.3, 0.4) is 0 Å². The van der Waals surface area contributed by atoms with Crippen molar-refractivity contribution in [2.75, 3.05) is 0 Å². The molecular weight excluding hydrogens is 571 g/mol. The van der Waals surface area contributed by atoms with Crippen molar-refractivity contribution in [2.24, 2.45) is 0 Å². The van der Waals surface area contributed by atoms with E-state index in [0.29, 0.717) is 12.2 Å². The molecule has 0 aliphatic heterocycles. The zero-order valence-electron chi connectivity index (χ0n) is 17.9. The highest BCUT2D eigenvalue weighted by atomic mass is 31.2. The molecule has 38 heavy (non-hydrogen) atoms. The zero-order valence-corrected chi connectivity index (χ0v) is 18.8. The van der Waals surface area contributed by atoms with Crippen molar-refractivity contribution in [2.45, 2.75) is 24.7 Å². The van der Waals surface area contributed by atoms with Crippen LogP contribution in [0.25, 0.3) is 0 Å². The number of carbonyl (C=O) groups is 2. The number of carbonyl (C=O) groups excluding carboxylic acids is 2. The molecule has 204 valence electrons. The van der Waals surface area contributed by atoms with Crippen molar-refractivity contribution >= 4 is 29.3 Å². The van der Waals surface area contributed by atoms with Crippen molar-refractivity contribution in [3.05, 3.63) is 82.2 Å². The first-order chi connectivity index (χ1) is 17.0. The molecule has 0 unspecified atom stereocenters. The number of benzene rings is 2. The maximum atomic E-state index is 14.3. The topological polar surface area (TPSA) is 51.2 Å². The number of halogens is 12. The Bertz CT molecular complexity index is 1280. The lowest BCUT2D eigenvalue weighted by Crippen LogP contribution is -2.27. The van der Waals surface area contributed by atoms with Gasteiger partial charge in [0, 0.05) is 16.7 Å². The van der Waals surface area contributed by atoms with E-state index in [1.54, 1.807) is 0 Å². The second-order valence-electron chi connectivity index (χ2n) is 7.77. The Balaban J connectivity index is 2.56. The molecule has 3 nitrogen and oxygen atoms in total. The van der Waals surface area contributed by atoms with Crippen molar-refractivity contribution in [1.29, 1.82) is 0 Å². The molecule has 0 aromatic heterocycles. The van der Waals surface area contributed by atoms with E-state index >= 15 is 0 Å². The monoisotopic (exact) mass is 580 g/mol. The van der Waals surface area contributed by atoms with Crippen molar-refractivity contribution in [3.63, 3.8) is 0 Å². The SMILES string of the molecule is O=C1C=CC(=O)C(P(=O)(c2cc(C(F)(F)F)cc(C(F)(F)F)c2)c2cc(C(F)(F)F)cc(C(F)(F)F)c2)=C1. The van der Waals surface area contributed by atoms with Gasteiger partial charge >= 0.3 is 24.7 Å². The van der Waals surface area contributed by atoms with Gasteiger partial charge in [0.25, 0.3) is 0 Å². The van der Waals surface area contributed by atoms with Gasteiger partial charge in [-0.25, -0.2) is 0 Å². The highest BCUT2D eigenvalue weighted by molar-refractivity contribution is 7.83. The lowest BCUT2D eigenvalue weighted by molar-refractivity contribution is -0.144. The van der Waals surface area contributed by atoms with Crippen LogP contribution < -0.4 is 10.6 Å². The number of alkyl halides is 12. The van der Waals surface area contributed by atoms with Gasteiger partial charge in [0.15, 0.2) is 18.7 Å². The van der Waals surface area contributed by atoms with Crippen LogP contribution in [0.15, 0.2) is 59.9 Å². The third-order valence-electron chi connectivity index (χ3n) is 5.14. The van der Waals surface area contributed by atoms with Gasteiger partial charge in [0.2, 0.25) is 0 Å². The van der Waals surface area contributed by atoms with Gasteiger partial charge in [-0.2, -0.15) is 52.7 Å². The number of allylic oxidation sites excluding steroid dienone is 4. The summed E-state index contributed by atoms with van der Waals surface area (Å²) in [6.45, 7) is 0. The zero-order chi connectivity index (χ0) is 29.1. The van der Waals surface area contributed by atoms with Gasteiger partial charge < -0.3 is 4.57 Å². The molecule has 1 aliphatic carbocycles. The van der Waals surface area contributed by atoms with E-state index in [1.807, 2.05) is 0 Å². The summed E-state index contributed by atoms with van der Waals surface area (Å²) in [6.07, 6.45) is -21.2. The summed E-state index contributed by atoms with van der Waals surface area (Å²) >= 11 is 0. The molecule has 0 bridgehead atoms. The summed E-state index contributed by atoms with van der Waals surface area (Å²) in [5, 5.41) is -4.53. The molecule has 3 rings (SSSR count). The van der Waals surface area contributed by atoms with Crippen LogP contribution in [-0.2, 0) is 38.9 Å². The maximum absolute atomic E-state index is 14.3. The molecule has 0 fully saturated rings. The molecule has 0 N–H and O–H groups in total. The molecule has 0 atom stereocenters. The third kappa shape index (κ3) is 5.71. The molecule has 0 radical (unpaired) electrons. The predicted octanol–water partition coefficient (Wildman–Crippen LogP) is 6.67. The fraction of sp³-hybridized carbons (Fsp3) is 0.182. The molecule has 0 amide bonds. The molecule has 0 saturated carbocycles. The van der Waals surface area contributed by atoms with Gasteiger partial charge in [0.1, 0.15) is 0 Å². The Hall–Kier alpha value is -3.35. The summed E-state index contributed by atoms with van der Waals surface area (Å²) in [5.41, 5.74) is -8.46. The van der Waals surface area contributed by atoms with E-state index in [9.17, 15) is 66.8 Å². The summed E-state index contributed by atoms with van der Waals surface area (Å²) < 4.78 is 176. The summed E-state index contributed by atoms with van der Waals surface area (Å²) in [6, 6.07) is -1.63. The third-order valence-corrected chi connectivity index (χ3v) is 8.14.